The summed E-state index contributed by atoms with van der Waals surface area (Å²) >= 11 is 0. The van der Waals surface area contributed by atoms with Crippen molar-refractivity contribution in [2.24, 2.45) is 0 Å². The van der Waals surface area contributed by atoms with E-state index in [1.807, 2.05) is 0 Å². The Balaban J connectivity index is 1.85. The second-order valence-electron chi connectivity index (χ2n) is 6.35. The summed E-state index contributed by atoms with van der Waals surface area (Å²) in [5, 5.41) is 22.2. The SMILES string of the molecule is COc1cc(/C=C/c2[nH]c(=O)[nH]c(=O)c2[N+](=O)[O-])ccc1OCc1ccccc1[N+](=O)[O-]. The van der Waals surface area contributed by atoms with Crippen molar-refractivity contribution in [3.63, 3.8) is 0 Å². The Morgan fingerprint density at radius 3 is 2.41 bits per heavy atom. The fourth-order valence-corrected chi connectivity index (χ4v) is 2.85. The fourth-order valence-electron chi connectivity index (χ4n) is 2.85. The van der Waals surface area contributed by atoms with Crippen molar-refractivity contribution in [3.05, 3.63) is 100 Å². The number of ether oxygens (including phenoxy) is 2. The van der Waals surface area contributed by atoms with Crippen molar-refractivity contribution < 1.29 is 19.3 Å². The molecule has 0 unspecified atom stereocenters. The molecule has 0 fully saturated rings. The summed E-state index contributed by atoms with van der Waals surface area (Å²) in [5.41, 5.74) is -2.22. The average Bonchev–Trinajstić information content (AvgIpc) is 2.75. The van der Waals surface area contributed by atoms with Gasteiger partial charge in [0.25, 0.3) is 5.69 Å². The maximum absolute atomic E-state index is 11.7. The molecule has 3 rings (SSSR count). The summed E-state index contributed by atoms with van der Waals surface area (Å²) in [6.07, 6.45) is 2.66. The second-order valence-corrected chi connectivity index (χ2v) is 6.35. The molecule has 0 aliphatic rings. The topological polar surface area (TPSA) is 170 Å². The molecule has 1 heterocycles. The zero-order valence-electron chi connectivity index (χ0n) is 16.6. The number of aromatic nitrogens is 2. The number of aromatic amines is 2. The van der Waals surface area contributed by atoms with E-state index in [2.05, 4.69) is 4.98 Å². The molecule has 0 radical (unpaired) electrons. The number of nitrogens with zero attached hydrogens (tertiary/aromatic N) is 2. The third-order valence-corrected chi connectivity index (χ3v) is 4.33. The highest BCUT2D eigenvalue weighted by Crippen LogP contribution is 2.30. The smallest absolute Gasteiger partial charge is 0.357 e. The summed E-state index contributed by atoms with van der Waals surface area (Å²) in [5.74, 6) is 0.623. The fraction of sp³-hybridized carbons (Fsp3) is 0.100. The van der Waals surface area contributed by atoms with Crippen LogP contribution < -0.4 is 20.7 Å². The van der Waals surface area contributed by atoms with Gasteiger partial charge in [0.05, 0.1) is 22.5 Å². The van der Waals surface area contributed by atoms with Crippen molar-refractivity contribution in [1.82, 2.24) is 9.97 Å². The van der Waals surface area contributed by atoms with Crippen LogP contribution in [-0.2, 0) is 6.61 Å². The lowest BCUT2D eigenvalue weighted by atomic mass is 10.1. The first-order chi connectivity index (χ1) is 15.3. The van der Waals surface area contributed by atoms with Crippen molar-refractivity contribution in [3.8, 4) is 11.5 Å². The summed E-state index contributed by atoms with van der Waals surface area (Å²) in [4.78, 5) is 48.0. The lowest BCUT2D eigenvalue weighted by molar-refractivity contribution is -0.386. The van der Waals surface area contributed by atoms with Gasteiger partial charge < -0.3 is 14.5 Å². The Morgan fingerprint density at radius 2 is 1.72 bits per heavy atom. The second kappa shape index (κ2) is 9.38. The standard InChI is InChI=1S/C20H16N4O8/c1-31-17-10-12(6-8-14-18(24(29)30)19(25)22-20(26)21-14)7-9-16(17)32-11-13-4-2-3-5-15(13)23(27)28/h2-10H,11H2,1H3,(H2,21,22,25,26)/b8-6+. The first-order valence-electron chi connectivity index (χ1n) is 9.02. The maximum atomic E-state index is 11.7. The molecule has 12 nitrogen and oxygen atoms in total. The number of H-pyrrole nitrogens is 2. The molecule has 2 N–H and O–H groups in total. The number of methoxy groups -OCH3 is 1. The van der Waals surface area contributed by atoms with E-state index in [9.17, 15) is 29.8 Å². The Hall–Kier alpha value is -4.74. The molecule has 32 heavy (non-hydrogen) atoms. The normalized spacial score (nSPS) is 10.8. The molecule has 0 aliphatic carbocycles. The molecule has 0 saturated heterocycles. The summed E-state index contributed by atoms with van der Waals surface area (Å²) in [6, 6.07) is 10.9. The van der Waals surface area contributed by atoms with Gasteiger partial charge in [0, 0.05) is 6.07 Å². The van der Waals surface area contributed by atoms with Crippen LogP contribution in [0.15, 0.2) is 52.1 Å². The molecule has 1 aromatic heterocycles. The molecule has 0 amide bonds. The number of hydrogen-bond donors (Lipinski definition) is 2. The van der Waals surface area contributed by atoms with Gasteiger partial charge in [-0.05, 0) is 29.8 Å². The largest absolute Gasteiger partial charge is 0.493 e. The quantitative estimate of drug-likeness (QED) is 0.397. The highest BCUT2D eigenvalue weighted by molar-refractivity contribution is 5.72. The Morgan fingerprint density at radius 1 is 0.969 bits per heavy atom. The highest BCUT2D eigenvalue weighted by Gasteiger charge is 2.19. The van der Waals surface area contributed by atoms with Crippen molar-refractivity contribution >= 4 is 23.5 Å². The lowest BCUT2D eigenvalue weighted by Gasteiger charge is -2.11. The van der Waals surface area contributed by atoms with Crippen molar-refractivity contribution in [1.29, 1.82) is 0 Å². The molecule has 2 aromatic carbocycles. The maximum Gasteiger partial charge on any atom is 0.357 e. The van der Waals surface area contributed by atoms with Gasteiger partial charge in [0.1, 0.15) is 12.3 Å². The zero-order valence-corrected chi connectivity index (χ0v) is 16.6. The predicted octanol–water partition coefficient (Wildman–Crippen LogP) is 2.64. The van der Waals surface area contributed by atoms with Crippen LogP contribution in [0.25, 0.3) is 12.2 Å². The minimum atomic E-state index is -1.12. The van der Waals surface area contributed by atoms with Gasteiger partial charge in [-0.25, -0.2) is 4.79 Å². The average molecular weight is 440 g/mol. The number of nitro benzene ring substituents is 1. The summed E-state index contributed by atoms with van der Waals surface area (Å²) < 4.78 is 11.0. The van der Waals surface area contributed by atoms with Gasteiger partial charge in [-0.1, -0.05) is 24.3 Å². The highest BCUT2D eigenvalue weighted by atomic mass is 16.6. The first kappa shape index (κ1) is 22.0. The number of nitrogens with one attached hydrogen (secondary N) is 2. The van der Waals surface area contributed by atoms with Gasteiger partial charge in [0.2, 0.25) is 0 Å². The number of benzene rings is 2. The van der Waals surface area contributed by atoms with Crippen LogP contribution in [0.5, 0.6) is 11.5 Å². The van der Waals surface area contributed by atoms with E-state index in [-0.39, 0.29) is 18.0 Å². The summed E-state index contributed by atoms with van der Waals surface area (Å²) in [7, 11) is 1.40. The Kier molecular flexibility index (Phi) is 6.44. The van der Waals surface area contributed by atoms with E-state index in [1.165, 1.54) is 25.3 Å². The van der Waals surface area contributed by atoms with Gasteiger partial charge in [-0.2, -0.15) is 0 Å². The third-order valence-electron chi connectivity index (χ3n) is 4.33. The Bertz CT molecular complexity index is 1330. The monoisotopic (exact) mass is 440 g/mol. The molecule has 0 atom stereocenters. The first-order valence-corrected chi connectivity index (χ1v) is 9.02. The molecule has 12 heteroatoms. The molecular formula is C20H16N4O8. The van der Waals surface area contributed by atoms with E-state index in [1.54, 1.807) is 41.4 Å². The van der Waals surface area contributed by atoms with Gasteiger partial charge in [-0.15, -0.1) is 0 Å². The predicted molar refractivity (Wildman–Crippen MR) is 114 cm³/mol. The van der Waals surface area contributed by atoms with Gasteiger partial charge in [-0.3, -0.25) is 30.0 Å². The van der Waals surface area contributed by atoms with Crippen LogP contribution in [-0.4, -0.2) is 26.9 Å². The molecule has 0 saturated carbocycles. The minimum Gasteiger partial charge on any atom is -0.493 e. The molecule has 3 aromatic rings. The van der Waals surface area contributed by atoms with Crippen LogP contribution in [0.3, 0.4) is 0 Å². The zero-order chi connectivity index (χ0) is 23.3. The van der Waals surface area contributed by atoms with E-state index in [0.29, 0.717) is 22.6 Å². The van der Waals surface area contributed by atoms with E-state index in [0.717, 1.165) is 0 Å². The van der Waals surface area contributed by atoms with E-state index in [4.69, 9.17) is 9.47 Å². The van der Waals surface area contributed by atoms with Crippen molar-refractivity contribution in [2.45, 2.75) is 6.61 Å². The van der Waals surface area contributed by atoms with Crippen molar-refractivity contribution in [2.75, 3.05) is 7.11 Å². The number of hydrogen-bond acceptors (Lipinski definition) is 8. The van der Waals surface area contributed by atoms with Crippen LogP contribution in [0.1, 0.15) is 16.8 Å². The molecule has 164 valence electrons. The Labute approximate surface area is 179 Å². The number of nitro groups is 2. The third kappa shape index (κ3) is 4.87. The van der Waals surface area contributed by atoms with Crippen LogP contribution >= 0.6 is 0 Å². The van der Waals surface area contributed by atoms with Crippen LogP contribution in [0.4, 0.5) is 11.4 Å². The number of para-hydroxylation sites is 1. The van der Waals surface area contributed by atoms with Gasteiger partial charge in [0.15, 0.2) is 11.5 Å². The summed E-state index contributed by atoms with van der Waals surface area (Å²) in [6.45, 7) is -0.0665. The van der Waals surface area contributed by atoms with Crippen LogP contribution in [0, 0.1) is 20.2 Å². The molecule has 0 bridgehead atoms. The minimum absolute atomic E-state index is 0.0665. The van der Waals surface area contributed by atoms with E-state index >= 15 is 0 Å². The van der Waals surface area contributed by atoms with E-state index < -0.39 is 26.8 Å². The lowest BCUT2D eigenvalue weighted by Crippen LogP contribution is -2.25. The number of rotatable bonds is 8. The molecule has 0 spiro atoms. The van der Waals surface area contributed by atoms with Gasteiger partial charge >= 0.3 is 16.9 Å². The van der Waals surface area contributed by atoms with Crippen LogP contribution in [0.2, 0.25) is 0 Å². The molecule has 0 aliphatic heterocycles. The molecular weight excluding hydrogens is 424 g/mol.